The van der Waals surface area contributed by atoms with E-state index in [1.807, 2.05) is 18.2 Å². The quantitative estimate of drug-likeness (QED) is 0.859. The van der Waals surface area contributed by atoms with E-state index >= 15 is 0 Å². The molecule has 0 fully saturated rings. The largest absolute Gasteiger partial charge is 0.484 e. The van der Waals surface area contributed by atoms with Crippen molar-refractivity contribution < 1.29 is 9.53 Å². The van der Waals surface area contributed by atoms with E-state index in [1.165, 1.54) is 15.3 Å². The zero-order valence-electron chi connectivity index (χ0n) is 12.5. The van der Waals surface area contributed by atoms with Gasteiger partial charge < -0.3 is 15.8 Å². The Morgan fingerprint density at radius 2 is 2.14 bits per heavy atom. The summed E-state index contributed by atoms with van der Waals surface area (Å²) in [4.78, 5) is 13.4. The number of carbonyl (C=O) groups excluding carboxylic acids is 1. The van der Waals surface area contributed by atoms with Crippen molar-refractivity contribution in [1.82, 2.24) is 0 Å². The number of thiophene rings is 1. The van der Waals surface area contributed by atoms with Crippen LogP contribution in [0.2, 0.25) is 0 Å². The highest BCUT2D eigenvalue weighted by Crippen LogP contribution is 2.29. The summed E-state index contributed by atoms with van der Waals surface area (Å²) in [5.74, 6) is 0.148. The fourth-order valence-electron chi connectivity index (χ4n) is 2.24. The number of aryl methyl sites for hydroxylation is 2. The fourth-order valence-corrected chi connectivity index (χ4v) is 3.26. The summed E-state index contributed by atoms with van der Waals surface area (Å²) >= 11 is 1.81. The Hall–Kier alpha value is -2.01. The second-order valence-electron chi connectivity index (χ2n) is 5.02. The number of nitrogens with two attached hydrogens (primary N) is 1. The Kier molecular flexibility index (Phi) is 4.85. The van der Waals surface area contributed by atoms with E-state index in [-0.39, 0.29) is 12.6 Å². The number of ether oxygens (including phenoxy) is 1. The van der Waals surface area contributed by atoms with Gasteiger partial charge in [-0.15, -0.1) is 11.3 Å². The molecule has 0 aliphatic carbocycles. The van der Waals surface area contributed by atoms with Crippen LogP contribution in [0.15, 0.2) is 30.3 Å². The van der Waals surface area contributed by atoms with Gasteiger partial charge >= 0.3 is 0 Å². The van der Waals surface area contributed by atoms with E-state index in [0.29, 0.717) is 5.75 Å². The van der Waals surface area contributed by atoms with Crippen LogP contribution in [-0.2, 0) is 4.79 Å². The van der Waals surface area contributed by atoms with Gasteiger partial charge in [0, 0.05) is 27.5 Å². The first-order chi connectivity index (χ1) is 9.95. The molecule has 1 atom stereocenters. The highest BCUT2D eigenvalue weighted by Gasteiger charge is 2.11. The Bertz CT molecular complexity index is 637. The second-order valence-corrected chi connectivity index (χ2v) is 6.48. The minimum atomic E-state index is -0.480. The third kappa shape index (κ3) is 4.23. The highest BCUT2D eigenvalue weighted by atomic mass is 32.1. The van der Waals surface area contributed by atoms with Gasteiger partial charge in [0.05, 0.1) is 0 Å². The molecule has 0 bridgehead atoms. The van der Waals surface area contributed by atoms with Crippen LogP contribution >= 0.6 is 11.3 Å². The number of nitrogens with one attached hydrogen (secondary N) is 1. The first-order valence-corrected chi connectivity index (χ1v) is 7.62. The number of primary amides is 1. The zero-order valence-corrected chi connectivity index (χ0v) is 13.3. The average molecular weight is 304 g/mol. The van der Waals surface area contributed by atoms with Crippen LogP contribution in [0.4, 0.5) is 5.69 Å². The van der Waals surface area contributed by atoms with Crippen LogP contribution in [0.5, 0.6) is 5.75 Å². The van der Waals surface area contributed by atoms with Crippen LogP contribution in [0.25, 0.3) is 0 Å². The molecule has 0 saturated heterocycles. The first kappa shape index (κ1) is 15.4. The lowest BCUT2D eigenvalue weighted by Crippen LogP contribution is -2.20. The van der Waals surface area contributed by atoms with Crippen molar-refractivity contribution in [1.29, 1.82) is 0 Å². The summed E-state index contributed by atoms with van der Waals surface area (Å²) in [6.45, 7) is 6.27. The van der Waals surface area contributed by atoms with E-state index in [9.17, 15) is 4.79 Å². The molecule has 1 aromatic carbocycles. The lowest BCUT2D eigenvalue weighted by molar-refractivity contribution is -0.119. The summed E-state index contributed by atoms with van der Waals surface area (Å²) in [7, 11) is 0. The van der Waals surface area contributed by atoms with Crippen LogP contribution in [0.3, 0.4) is 0 Å². The van der Waals surface area contributed by atoms with Crippen LogP contribution in [-0.4, -0.2) is 12.5 Å². The number of benzene rings is 1. The topological polar surface area (TPSA) is 64.3 Å². The van der Waals surface area contributed by atoms with E-state index in [0.717, 1.165) is 5.69 Å². The minimum Gasteiger partial charge on any atom is -0.484 e. The molecule has 1 amide bonds. The van der Waals surface area contributed by atoms with Crippen molar-refractivity contribution in [2.75, 3.05) is 11.9 Å². The number of rotatable bonds is 6. The Morgan fingerprint density at radius 1 is 1.38 bits per heavy atom. The Balaban J connectivity index is 2.07. The molecule has 0 aliphatic rings. The predicted octanol–water partition coefficient (Wildman–Crippen LogP) is 3.40. The summed E-state index contributed by atoms with van der Waals surface area (Å²) in [6.07, 6.45) is 0. The molecule has 112 valence electrons. The normalized spacial score (nSPS) is 12.0. The number of carbonyl (C=O) groups is 1. The Labute approximate surface area is 128 Å². The molecular formula is C16H20N2O2S. The van der Waals surface area contributed by atoms with Crippen molar-refractivity contribution in [3.63, 3.8) is 0 Å². The number of amides is 1. The third-order valence-electron chi connectivity index (χ3n) is 3.14. The number of anilines is 1. The first-order valence-electron chi connectivity index (χ1n) is 6.80. The maximum absolute atomic E-state index is 10.7. The van der Waals surface area contributed by atoms with Crippen molar-refractivity contribution in [3.8, 4) is 5.75 Å². The number of hydrogen-bond donors (Lipinski definition) is 2. The van der Waals surface area contributed by atoms with Crippen molar-refractivity contribution in [3.05, 3.63) is 45.6 Å². The van der Waals surface area contributed by atoms with Crippen LogP contribution in [0.1, 0.15) is 28.3 Å². The number of hydrogen-bond acceptors (Lipinski definition) is 4. The molecule has 3 N–H and O–H groups in total. The van der Waals surface area contributed by atoms with Gasteiger partial charge in [-0.3, -0.25) is 4.79 Å². The smallest absolute Gasteiger partial charge is 0.255 e. The third-order valence-corrected chi connectivity index (χ3v) is 4.13. The van der Waals surface area contributed by atoms with E-state index in [4.69, 9.17) is 10.5 Å². The minimum absolute atomic E-state index is 0.109. The van der Waals surface area contributed by atoms with E-state index in [2.05, 4.69) is 32.2 Å². The summed E-state index contributed by atoms with van der Waals surface area (Å²) in [5.41, 5.74) is 7.33. The Morgan fingerprint density at radius 3 is 2.76 bits per heavy atom. The molecule has 0 radical (unpaired) electrons. The van der Waals surface area contributed by atoms with E-state index < -0.39 is 5.91 Å². The molecular weight excluding hydrogens is 284 g/mol. The fraction of sp³-hybridized carbons (Fsp3) is 0.312. The van der Waals surface area contributed by atoms with Crippen LogP contribution < -0.4 is 15.8 Å². The molecule has 1 heterocycles. The van der Waals surface area contributed by atoms with Gasteiger partial charge in [0.15, 0.2) is 6.61 Å². The van der Waals surface area contributed by atoms with Gasteiger partial charge in [-0.25, -0.2) is 0 Å². The van der Waals surface area contributed by atoms with E-state index in [1.54, 1.807) is 17.4 Å². The SMILES string of the molecule is Cc1cc(C(C)Nc2cccc(OCC(N)=O)c2)c(C)s1. The van der Waals surface area contributed by atoms with Gasteiger partial charge in [0.1, 0.15) is 5.75 Å². The van der Waals surface area contributed by atoms with Crippen molar-refractivity contribution in [2.24, 2.45) is 5.73 Å². The summed E-state index contributed by atoms with van der Waals surface area (Å²) in [5, 5.41) is 3.45. The van der Waals surface area contributed by atoms with Gasteiger partial charge in [-0.2, -0.15) is 0 Å². The molecule has 0 aliphatic heterocycles. The summed E-state index contributed by atoms with van der Waals surface area (Å²) in [6, 6.07) is 9.96. The van der Waals surface area contributed by atoms with Gasteiger partial charge in [-0.1, -0.05) is 6.07 Å². The molecule has 5 heteroatoms. The maximum Gasteiger partial charge on any atom is 0.255 e. The average Bonchev–Trinajstić information content (AvgIpc) is 2.76. The molecule has 0 saturated carbocycles. The molecule has 0 spiro atoms. The standard InChI is InChI=1S/C16H20N2O2S/c1-10-7-15(12(3)21-10)11(2)18-13-5-4-6-14(8-13)20-9-16(17)19/h4-8,11,18H,9H2,1-3H3,(H2,17,19). The molecule has 21 heavy (non-hydrogen) atoms. The monoisotopic (exact) mass is 304 g/mol. The second kappa shape index (κ2) is 6.63. The van der Waals surface area contributed by atoms with Gasteiger partial charge in [-0.05, 0) is 44.5 Å². The summed E-state index contributed by atoms with van der Waals surface area (Å²) < 4.78 is 5.31. The molecule has 4 nitrogen and oxygen atoms in total. The molecule has 2 rings (SSSR count). The lowest BCUT2D eigenvalue weighted by atomic mass is 10.1. The van der Waals surface area contributed by atoms with Gasteiger partial charge in [0.2, 0.25) is 0 Å². The van der Waals surface area contributed by atoms with Crippen molar-refractivity contribution >= 4 is 22.9 Å². The molecule has 2 aromatic rings. The predicted molar refractivity (Wildman–Crippen MR) is 87.0 cm³/mol. The molecule has 1 aromatic heterocycles. The lowest BCUT2D eigenvalue weighted by Gasteiger charge is -2.16. The maximum atomic E-state index is 10.7. The highest BCUT2D eigenvalue weighted by molar-refractivity contribution is 7.12. The van der Waals surface area contributed by atoms with Crippen molar-refractivity contribution in [2.45, 2.75) is 26.8 Å². The van der Waals surface area contributed by atoms with Gasteiger partial charge in [0.25, 0.3) is 5.91 Å². The zero-order chi connectivity index (χ0) is 15.4. The molecule has 1 unspecified atom stereocenters. The van der Waals surface area contributed by atoms with Crippen LogP contribution in [0, 0.1) is 13.8 Å².